The summed E-state index contributed by atoms with van der Waals surface area (Å²) < 4.78 is 18.9. The number of nitrogens with two attached hydrogens (primary N) is 1. The van der Waals surface area contributed by atoms with Gasteiger partial charge in [0.05, 0.1) is 6.04 Å². The number of hydrogen-bond acceptors (Lipinski definition) is 2. The Labute approximate surface area is 94.2 Å². The van der Waals surface area contributed by atoms with Crippen LogP contribution < -0.4 is 5.73 Å². The monoisotopic (exact) mass is 221 g/mol. The van der Waals surface area contributed by atoms with Crippen LogP contribution in [0.4, 0.5) is 4.39 Å². The topological polar surface area (TPSA) is 39.2 Å². The summed E-state index contributed by atoms with van der Waals surface area (Å²) in [6, 6.07) is 6.56. The van der Waals surface area contributed by atoms with Crippen LogP contribution in [0.1, 0.15) is 32.1 Å². The van der Waals surface area contributed by atoms with Gasteiger partial charge in [0.2, 0.25) is 0 Å². The standard InChI is InChI=1S/C13H16FNO/c1-8(2)6-11(15)12-7-9-4-3-5-10(14)13(9)16-12/h3-5,7-8,11H,6,15H2,1-2H3. The molecule has 1 atom stereocenters. The van der Waals surface area contributed by atoms with Gasteiger partial charge in [-0.25, -0.2) is 4.39 Å². The number of hydrogen-bond donors (Lipinski definition) is 1. The number of halogens is 1. The van der Waals surface area contributed by atoms with E-state index in [1.807, 2.05) is 12.1 Å². The van der Waals surface area contributed by atoms with E-state index >= 15 is 0 Å². The number of rotatable bonds is 3. The van der Waals surface area contributed by atoms with Crippen molar-refractivity contribution in [2.45, 2.75) is 26.3 Å². The van der Waals surface area contributed by atoms with Gasteiger partial charge < -0.3 is 10.2 Å². The first-order chi connectivity index (χ1) is 7.58. The van der Waals surface area contributed by atoms with Crippen molar-refractivity contribution < 1.29 is 8.81 Å². The van der Waals surface area contributed by atoms with E-state index in [-0.39, 0.29) is 11.9 Å². The largest absolute Gasteiger partial charge is 0.456 e. The normalized spacial score (nSPS) is 13.6. The molecule has 2 nitrogen and oxygen atoms in total. The van der Waals surface area contributed by atoms with Crippen LogP contribution in [0.5, 0.6) is 0 Å². The molecular formula is C13H16FNO. The Morgan fingerprint density at radius 1 is 1.38 bits per heavy atom. The van der Waals surface area contributed by atoms with Gasteiger partial charge in [-0.2, -0.15) is 0 Å². The lowest BCUT2D eigenvalue weighted by Crippen LogP contribution is -2.11. The highest BCUT2D eigenvalue weighted by Gasteiger charge is 2.15. The van der Waals surface area contributed by atoms with Crippen molar-refractivity contribution in [3.05, 3.63) is 35.8 Å². The molecule has 0 amide bonds. The second-order valence-corrected chi connectivity index (χ2v) is 4.54. The summed E-state index contributed by atoms with van der Waals surface area (Å²) in [5.74, 6) is 0.822. The molecule has 1 heterocycles. The zero-order chi connectivity index (χ0) is 11.7. The zero-order valence-corrected chi connectivity index (χ0v) is 9.53. The highest BCUT2D eigenvalue weighted by atomic mass is 19.1. The minimum Gasteiger partial charge on any atom is -0.456 e. The lowest BCUT2D eigenvalue weighted by molar-refractivity contribution is 0.426. The Bertz CT molecular complexity index is 490. The average molecular weight is 221 g/mol. The van der Waals surface area contributed by atoms with Crippen LogP contribution in [-0.4, -0.2) is 0 Å². The van der Waals surface area contributed by atoms with E-state index in [0.717, 1.165) is 11.8 Å². The first kappa shape index (κ1) is 11.1. The Morgan fingerprint density at radius 3 is 2.75 bits per heavy atom. The third kappa shape index (κ3) is 2.09. The summed E-state index contributed by atoms with van der Waals surface area (Å²) in [5, 5.41) is 0.772. The quantitative estimate of drug-likeness (QED) is 0.859. The Hall–Kier alpha value is -1.35. The predicted octanol–water partition coefficient (Wildman–Crippen LogP) is 3.62. The molecule has 0 fully saturated rings. The van der Waals surface area contributed by atoms with Crippen LogP contribution in [0.3, 0.4) is 0 Å². The minimum absolute atomic E-state index is 0.160. The summed E-state index contributed by atoms with van der Waals surface area (Å²) in [6.07, 6.45) is 0.835. The van der Waals surface area contributed by atoms with Crippen LogP contribution in [-0.2, 0) is 0 Å². The van der Waals surface area contributed by atoms with Crippen molar-refractivity contribution in [1.29, 1.82) is 0 Å². The van der Waals surface area contributed by atoms with Gasteiger partial charge in [0.15, 0.2) is 11.4 Å². The molecule has 2 N–H and O–H groups in total. The second kappa shape index (κ2) is 4.26. The molecule has 0 radical (unpaired) electrons. The van der Waals surface area contributed by atoms with Crippen LogP contribution in [0, 0.1) is 11.7 Å². The molecule has 2 aromatic rings. The third-order valence-electron chi connectivity index (χ3n) is 2.61. The maximum atomic E-state index is 13.4. The Kier molecular flexibility index (Phi) is 2.97. The maximum Gasteiger partial charge on any atom is 0.169 e. The Balaban J connectivity index is 2.36. The fourth-order valence-electron chi connectivity index (χ4n) is 1.85. The van der Waals surface area contributed by atoms with E-state index < -0.39 is 0 Å². The van der Waals surface area contributed by atoms with Gasteiger partial charge in [-0.3, -0.25) is 0 Å². The van der Waals surface area contributed by atoms with Crippen molar-refractivity contribution in [1.82, 2.24) is 0 Å². The average Bonchev–Trinajstić information content (AvgIpc) is 2.61. The van der Waals surface area contributed by atoms with Gasteiger partial charge in [-0.1, -0.05) is 26.0 Å². The molecule has 1 aromatic carbocycles. The van der Waals surface area contributed by atoms with E-state index in [0.29, 0.717) is 17.3 Å². The van der Waals surface area contributed by atoms with E-state index in [9.17, 15) is 4.39 Å². The van der Waals surface area contributed by atoms with Crippen LogP contribution in [0.2, 0.25) is 0 Å². The lowest BCUT2D eigenvalue weighted by atomic mass is 10.0. The van der Waals surface area contributed by atoms with Gasteiger partial charge in [-0.05, 0) is 24.5 Å². The number of para-hydroxylation sites is 1. The second-order valence-electron chi connectivity index (χ2n) is 4.54. The van der Waals surface area contributed by atoms with Crippen molar-refractivity contribution in [3.8, 4) is 0 Å². The summed E-state index contributed by atoms with van der Waals surface area (Å²) in [6.45, 7) is 4.20. The van der Waals surface area contributed by atoms with E-state index in [4.69, 9.17) is 10.2 Å². The fraction of sp³-hybridized carbons (Fsp3) is 0.385. The first-order valence-electron chi connectivity index (χ1n) is 5.51. The molecule has 0 spiro atoms. The van der Waals surface area contributed by atoms with Gasteiger partial charge >= 0.3 is 0 Å². The fourth-order valence-corrected chi connectivity index (χ4v) is 1.85. The van der Waals surface area contributed by atoms with Crippen molar-refractivity contribution in [2.24, 2.45) is 11.7 Å². The highest BCUT2D eigenvalue weighted by Crippen LogP contribution is 2.27. The van der Waals surface area contributed by atoms with Crippen molar-refractivity contribution in [3.63, 3.8) is 0 Å². The molecule has 0 aliphatic rings. The van der Waals surface area contributed by atoms with E-state index in [1.165, 1.54) is 6.07 Å². The molecule has 16 heavy (non-hydrogen) atoms. The van der Waals surface area contributed by atoms with Crippen LogP contribution in [0.25, 0.3) is 11.0 Å². The summed E-state index contributed by atoms with van der Waals surface area (Å²) in [4.78, 5) is 0. The molecule has 0 bridgehead atoms. The number of fused-ring (bicyclic) bond motifs is 1. The van der Waals surface area contributed by atoms with E-state index in [2.05, 4.69) is 13.8 Å². The SMILES string of the molecule is CC(C)CC(N)c1cc2cccc(F)c2o1. The predicted molar refractivity (Wildman–Crippen MR) is 62.6 cm³/mol. The van der Waals surface area contributed by atoms with Gasteiger partial charge in [-0.15, -0.1) is 0 Å². The van der Waals surface area contributed by atoms with Crippen LogP contribution in [0.15, 0.2) is 28.7 Å². The molecule has 0 saturated carbocycles. The first-order valence-corrected chi connectivity index (χ1v) is 5.51. The van der Waals surface area contributed by atoms with Crippen LogP contribution >= 0.6 is 0 Å². The third-order valence-corrected chi connectivity index (χ3v) is 2.61. The molecule has 0 aliphatic heterocycles. The molecule has 2 rings (SSSR count). The maximum absolute atomic E-state index is 13.4. The van der Waals surface area contributed by atoms with E-state index in [1.54, 1.807) is 6.07 Å². The molecule has 86 valence electrons. The molecule has 1 aromatic heterocycles. The van der Waals surface area contributed by atoms with Gasteiger partial charge in [0.1, 0.15) is 5.76 Å². The molecular weight excluding hydrogens is 205 g/mol. The smallest absolute Gasteiger partial charge is 0.169 e. The highest BCUT2D eigenvalue weighted by molar-refractivity contribution is 5.78. The van der Waals surface area contributed by atoms with Gasteiger partial charge in [0.25, 0.3) is 0 Å². The number of benzene rings is 1. The van der Waals surface area contributed by atoms with Crippen molar-refractivity contribution >= 4 is 11.0 Å². The molecule has 1 unspecified atom stereocenters. The zero-order valence-electron chi connectivity index (χ0n) is 9.53. The summed E-state index contributed by atoms with van der Waals surface area (Å²) >= 11 is 0. The molecule has 0 saturated heterocycles. The Morgan fingerprint density at radius 2 is 2.12 bits per heavy atom. The van der Waals surface area contributed by atoms with Crippen molar-refractivity contribution in [2.75, 3.05) is 0 Å². The lowest BCUT2D eigenvalue weighted by Gasteiger charge is -2.10. The molecule has 0 aliphatic carbocycles. The minimum atomic E-state index is -0.333. The molecule has 3 heteroatoms. The summed E-state index contributed by atoms with van der Waals surface area (Å²) in [5.41, 5.74) is 6.30. The number of furan rings is 1. The summed E-state index contributed by atoms with van der Waals surface area (Å²) in [7, 11) is 0. The van der Waals surface area contributed by atoms with Gasteiger partial charge in [0, 0.05) is 5.39 Å².